The van der Waals surface area contributed by atoms with Crippen LogP contribution >= 0.6 is 0 Å². The number of nitrogens with one attached hydrogen (secondary N) is 2. The van der Waals surface area contributed by atoms with Gasteiger partial charge in [0.2, 0.25) is 5.91 Å². The molecule has 1 heterocycles. The molecule has 1 aromatic rings. The molecule has 144 valence electrons. The molecule has 1 aliphatic rings. The van der Waals surface area contributed by atoms with E-state index in [0.29, 0.717) is 0 Å². The van der Waals surface area contributed by atoms with Crippen molar-refractivity contribution < 1.29 is 4.79 Å². The van der Waals surface area contributed by atoms with Crippen LogP contribution in [0, 0.1) is 5.92 Å². The average molecular weight is 360 g/mol. The number of aliphatic imine (C=N–C) groups is 1. The zero-order valence-corrected chi connectivity index (χ0v) is 16.7. The Balaban J connectivity index is 1.89. The van der Waals surface area contributed by atoms with Gasteiger partial charge in [0.05, 0.1) is 6.04 Å². The third kappa shape index (κ3) is 5.46. The minimum absolute atomic E-state index is 0.0536. The first-order valence-corrected chi connectivity index (χ1v) is 9.39. The molecule has 0 aliphatic carbocycles. The van der Waals surface area contributed by atoms with Crippen molar-refractivity contribution in [3.63, 3.8) is 0 Å². The van der Waals surface area contributed by atoms with Crippen molar-refractivity contribution >= 4 is 11.9 Å². The highest BCUT2D eigenvalue weighted by molar-refractivity contribution is 5.81. The van der Waals surface area contributed by atoms with E-state index in [0.717, 1.165) is 32.0 Å². The smallest absolute Gasteiger partial charge is 0.225 e. The Morgan fingerprint density at radius 1 is 1.31 bits per heavy atom. The van der Waals surface area contributed by atoms with Crippen LogP contribution in [-0.2, 0) is 4.79 Å². The fraction of sp³-hybridized carbons (Fsp3) is 0.600. The summed E-state index contributed by atoms with van der Waals surface area (Å²) in [4.78, 5) is 20.6. The highest BCUT2D eigenvalue weighted by atomic mass is 16.2. The number of likely N-dealkylation sites (tertiary alicyclic amines) is 1. The van der Waals surface area contributed by atoms with E-state index in [-0.39, 0.29) is 23.9 Å². The van der Waals surface area contributed by atoms with Gasteiger partial charge in [0.25, 0.3) is 0 Å². The molecule has 1 aliphatic heterocycles. The summed E-state index contributed by atoms with van der Waals surface area (Å²) in [5.74, 6) is 1.07. The first-order valence-electron chi connectivity index (χ1n) is 9.39. The van der Waals surface area contributed by atoms with E-state index in [2.05, 4.69) is 58.9 Å². The second kappa shape index (κ2) is 9.57. The first kappa shape index (κ1) is 20.2. The Kier molecular flexibility index (Phi) is 7.45. The van der Waals surface area contributed by atoms with E-state index < -0.39 is 0 Å². The molecule has 1 fully saturated rings. The van der Waals surface area contributed by atoms with E-state index in [4.69, 9.17) is 0 Å². The Morgan fingerprint density at radius 3 is 2.58 bits per heavy atom. The number of hydrogen-bond donors (Lipinski definition) is 2. The number of hydrogen-bond acceptors (Lipinski definition) is 3. The third-order valence-electron chi connectivity index (χ3n) is 4.83. The van der Waals surface area contributed by atoms with Gasteiger partial charge in [-0.1, -0.05) is 44.2 Å². The van der Waals surface area contributed by atoms with Crippen molar-refractivity contribution in [2.75, 3.05) is 40.8 Å². The van der Waals surface area contributed by atoms with Crippen molar-refractivity contribution in [2.24, 2.45) is 10.9 Å². The van der Waals surface area contributed by atoms with Gasteiger partial charge in [-0.25, -0.2) is 0 Å². The van der Waals surface area contributed by atoms with Crippen LogP contribution in [0.2, 0.25) is 0 Å². The minimum atomic E-state index is 0.0536. The lowest BCUT2D eigenvalue weighted by Gasteiger charge is -2.27. The molecule has 0 aromatic heterocycles. The maximum Gasteiger partial charge on any atom is 0.225 e. The molecule has 2 rings (SSSR count). The fourth-order valence-electron chi connectivity index (χ4n) is 3.30. The molecule has 0 spiro atoms. The van der Waals surface area contributed by atoms with Crippen molar-refractivity contribution in [3.05, 3.63) is 35.9 Å². The molecule has 1 saturated heterocycles. The Labute approximate surface area is 157 Å². The summed E-state index contributed by atoms with van der Waals surface area (Å²) in [5.41, 5.74) is 1.27. The summed E-state index contributed by atoms with van der Waals surface area (Å²) in [6, 6.07) is 11.0. The van der Waals surface area contributed by atoms with Crippen LogP contribution in [0.5, 0.6) is 0 Å². The van der Waals surface area contributed by atoms with Gasteiger partial charge in [-0.15, -0.1) is 0 Å². The largest absolute Gasteiger partial charge is 0.354 e. The lowest BCUT2D eigenvalue weighted by atomic mass is 10.1. The van der Waals surface area contributed by atoms with Gasteiger partial charge in [-0.2, -0.15) is 0 Å². The molecule has 6 nitrogen and oxygen atoms in total. The van der Waals surface area contributed by atoms with Crippen molar-refractivity contribution in [2.45, 2.75) is 32.4 Å². The number of likely N-dealkylation sites (N-methyl/N-ethyl adjacent to an activating group) is 1. The van der Waals surface area contributed by atoms with Crippen LogP contribution in [-0.4, -0.2) is 68.5 Å². The highest BCUT2D eigenvalue weighted by Crippen LogP contribution is 2.17. The molecular formula is C20H33N5O. The molecule has 1 amide bonds. The monoisotopic (exact) mass is 359 g/mol. The maximum atomic E-state index is 12.1. The van der Waals surface area contributed by atoms with E-state index in [1.807, 2.05) is 24.8 Å². The number of carbonyl (C=O) groups excluding carboxylic acids is 1. The number of benzene rings is 1. The zero-order valence-electron chi connectivity index (χ0n) is 16.7. The number of rotatable bonds is 6. The zero-order chi connectivity index (χ0) is 19.1. The number of guanidine groups is 1. The molecule has 2 unspecified atom stereocenters. The lowest BCUT2D eigenvalue weighted by molar-refractivity contribution is -0.133. The standard InChI is InChI=1S/C20H33N5O/c1-15(2)19(26)25-12-11-17(14-25)23-20(21-3)22-13-18(24(4)5)16-9-7-6-8-10-16/h6-10,15,17-18H,11-14H2,1-5H3,(H2,21,22,23). The molecule has 26 heavy (non-hydrogen) atoms. The van der Waals surface area contributed by atoms with Gasteiger partial charge in [0.15, 0.2) is 5.96 Å². The number of amides is 1. The summed E-state index contributed by atoms with van der Waals surface area (Å²) in [7, 11) is 5.96. The van der Waals surface area contributed by atoms with E-state index in [9.17, 15) is 4.79 Å². The molecule has 2 atom stereocenters. The molecule has 0 radical (unpaired) electrons. The SMILES string of the molecule is CN=C(NCC(c1ccccc1)N(C)C)NC1CCN(C(=O)C(C)C)C1. The Bertz CT molecular complexity index is 599. The molecule has 0 saturated carbocycles. The number of nitrogens with zero attached hydrogens (tertiary/aromatic N) is 3. The Hall–Kier alpha value is -2.08. The van der Waals surface area contributed by atoms with Crippen LogP contribution < -0.4 is 10.6 Å². The van der Waals surface area contributed by atoms with Crippen molar-refractivity contribution in [1.29, 1.82) is 0 Å². The van der Waals surface area contributed by atoms with Gasteiger partial charge in [0, 0.05) is 38.6 Å². The molecule has 2 N–H and O–H groups in total. The van der Waals surface area contributed by atoms with Crippen LogP contribution in [0.3, 0.4) is 0 Å². The summed E-state index contributed by atoms with van der Waals surface area (Å²) < 4.78 is 0. The summed E-state index contributed by atoms with van der Waals surface area (Å²) in [6.45, 7) is 6.23. The third-order valence-corrected chi connectivity index (χ3v) is 4.83. The summed E-state index contributed by atoms with van der Waals surface area (Å²) in [5, 5.41) is 6.90. The van der Waals surface area contributed by atoms with E-state index >= 15 is 0 Å². The van der Waals surface area contributed by atoms with Crippen molar-refractivity contribution in [1.82, 2.24) is 20.4 Å². The average Bonchev–Trinajstić information content (AvgIpc) is 3.09. The molecule has 6 heteroatoms. The van der Waals surface area contributed by atoms with Crippen LogP contribution in [0.1, 0.15) is 31.9 Å². The Morgan fingerprint density at radius 2 is 2.00 bits per heavy atom. The normalized spacial score (nSPS) is 19.1. The molecule has 0 bridgehead atoms. The second-order valence-electron chi connectivity index (χ2n) is 7.41. The highest BCUT2D eigenvalue weighted by Gasteiger charge is 2.28. The van der Waals surface area contributed by atoms with E-state index in [1.165, 1.54) is 5.56 Å². The minimum Gasteiger partial charge on any atom is -0.354 e. The first-order chi connectivity index (χ1) is 12.4. The predicted molar refractivity (Wildman–Crippen MR) is 107 cm³/mol. The van der Waals surface area contributed by atoms with Crippen LogP contribution in [0.4, 0.5) is 0 Å². The van der Waals surface area contributed by atoms with Gasteiger partial charge in [-0.05, 0) is 26.1 Å². The fourth-order valence-corrected chi connectivity index (χ4v) is 3.30. The maximum absolute atomic E-state index is 12.1. The predicted octanol–water partition coefficient (Wildman–Crippen LogP) is 1.71. The quantitative estimate of drug-likeness (QED) is 0.600. The van der Waals surface area contributed by atoms with Crippen LogP contribution in [0.25, 0.3) is 0 Å². The van der Waals surface area contributed by atoms with Crippen LogP contribution in [0.15, 0.2) is 35.3 Å². The van der Waals surface area contributed by atoms with Gasteiger partial charge >= 0.3 is 0 Å². The number of carbonyl (C=O) groups is 1. The molecular weight excluding hydrogens is 326 g/mol. The van der Waals surface area contributed by atoms with Gasteiger partial charge in [0.1, 0.15) is 0 Å². The lowest BCUT2D eigenvalue weighted by Crippen LogP contribution is -2.47. The molecule has 1 aromatic carbocycles. The van der Waals surface area contributed by atoms with Crippen molar-refractivity contribution in [3.8, 4) is 0 Å². The second-order valence-corrected chi connectivity index (χ2v) is 7.41. The van der Waals surface area contributed by atoms with E-state index in [1.54, 1.807) is 7.05 Å². The summed E-state index contributed by atoms with van der Waals surface area (Å²) in [6.07, 6.45) is 0.953. The summed E-state index contributed by atoms with van der Waals surface area (Å²) >= 11 is 0. The topological polar surface area (TPSA) is 60.0 Å². The van der Waals surface area contributed by atoms with Gasteiger partial charge < -0.3 is 20.4 Å². The van der Waals surface area contributed by atoms with Gasteiger partial charge in [-0.3, -0.25) is 9.79 Å².